The molecular weight excluding hydrogens is 238 g/mol. The highest BCUT2D eigenvalue weighted by Gasteiger charge is 2.14. The van der Waals surface area contributed by atoms with Crippen molar-refractivity contribution >= 4 is 6.09 Å². The maximum atomic E-state index is 11.3. The molecule has 0 heterocycles. The zero-order valence-corrected chi connectivity index (χ0v) is 11.9. The molecule has 0 aliphatic rings. The van der Waals surface area contributed by atoms with Crippen LogP contribution in [0.1, 0.15) is 20.8 Å². The summed E-state index contributed by atoms with van der Waals surface area (Å²) in [7, 11) is 3.19. The summed E-state index contributed by atoms with van der Waals surface area (Å²) in [5.41, 5.74) is -0.299. The van der Waals surface area contributed by atoms with Crippen LogP contribution < -0.4 is 5.32 Å². The number of hydrogen-bond acceptors (Lipinski definition) is 5. The van der Waals surface area contributed by atoms with E-state index in [1.54, 1.807) is 14.2 Å². The summed E-state index contributed by atoms with van der Waals surface area (Å²) in [5, 5.41) is 2.69. The molecule has 1 amide bonds. The fourth-order valence-corrected chi connectivity index (χ4v) is 1.21. The first kappa shape index (κ1) is 17.2. The molecule has 0 aromatic heterocycles. The Morgan fingerprint density at radius 2 is 1.67 bits per heavy atom. The minimum absolute atomic E-state index is 0.144. The molecule has 0 fully saturated rings. The first-order valence-corrected chi connectivity index (χ1v) is 5.93. The Morgan fingerprint density at radius 1 is 1.11 bits per heavy atom. The van der Waals surface area contributed by atoms with Crippen LogP contribution in [0.25, 0.3) is 0 Å². The lowest BCUT2D eigenvalue weighted by atomic mass is 10.1. The van der Waals surface area contributed by atoms with Crippen molar-refractivity contribution in [2.24, 2.45) is 0 Å². The van der Waals surface area contributed by atoms with E-state index in [9.17, 15) is 4.79 Å². The third kappa shape index (κ3) is 10.3. The molecule has 0 rings (SSSR count). The number of nitrogens with one attached hydrogen (secondary N) is 1. The molecular formula is C12H25NO5. The minimum atomic E-state index is -0.443. The number of ether oxygens (including phenoxy) is 4. The molecule has 0 aromatic rings. The molecule has 0 spiro atoms. The average molecular weight is 263 g/mol. The largest absolute Gasteiger partial charge is 0.447 e. The molecule has 0 aliphatic carbocycles. The predicted molar refractivity (Wildman–Crippen MR) is 67.7 cm³/mol. The second-order valence-corrected chi connectivity index (χ2v) is 4.91. The van der Waals surface area contributed by atoms with E-state index in [2.05, 4.69) is 5.32 Å². The zero-order valence-electron chi connectivity index (χ0n) is 11.9. The highest BCUT2D eigenvalue weighted by molar-refractivity contribution is 5.67. The monoisotopic (exact) mass is 263 g/mol. The van der Waals surface area contributed by atoms with Gasteiger partial charge in [0.2, 0.25) is 0 Å². The number of carbonyl (C=O) groups excluding carboxylic acids is 1. The van der Waals surface area contributed by atoms with Gasteiger partial charge in [0.15, 0.2) is 0 Å². The van der Waals surface area contributed by atoms with Crippen molar-refractivity contribution in [1.82, 2.24) is 5.32 Å². The fraction of sp³-hybridized carbons (Fsp3) is 0.917. The Hall–Kier alpha value is -0.850. The highest BCUT2D eigenvalue weighted by Crippen LogP contribution is 1.99. The van der Waals surface area contributed by atoms with E-state index < -0.39 is 6.09 Å². The van der Waals surface area contributed by atoms with E-state index in [1.807, 2.05) is 20.8 Å². The number of methoxy groups -OCH3 is 2. The number of hydrogen-bond donors (Lipinski definition) is 1. The Balaban J connectivity index is 3.67. The molecule has 18 heavy (non-hydrogen) atoms. The average Bonchev–Trinajstić information content (AvgIpc) is 2.22. The number of amides is 1. The van der Waals surface area contributed by atoms with Crippen LogP contribution in [0.15, 0.2) is 0 Å². The van der Waals surface area contributed by atoms with Crippen molar-refractivity contribution < 1.29 is 23.7 Å². The van der Waals surface area contributed by atoms with E-state index in [0.29, 0.717) is 19.8 Å². The van der Waals surface area contributed by atoms with Crippen molar-refractivity contribution in [3.63, 3.8) is 0 Å². The van der Waals surface area contributed by atoms with Crippen LogP contribution in [-0.2, 0) is 18.9 Å². The van der Waals surface area contributed by atoms with E-state index in [1.165, 1.54) is 0 Å². The van der Waals surface area contributed by atoms with Gasteiger partial charge in [0.25, 0.3) is 0 Å². The van der Waals surface area contributed by atoms with Crippen molar-refractivity contribution in [3.8, 4) is 0 Å². The van der Waals surface area contributed by atoms with Gasteiger partial charge >= 0.3 is 6.09 Å². The molecule has 0 radical (unpaired) electrons. The van der Waals surface area contributed by atoms with Crippen molar-refractivity contribution in [3.05, 3.63) is 0 Å². The van der Waals surface area contributed by atoms with Crippen molar-refractivity contribution in [2.45, 2.75) is 32.4 Å². The van der Waals surface area contributed by atoms with E-state index in [-0.39, 0.29) is 18.2 Å². The van der Waals surface area contributed by atoms with Crippen LogP contribution in [0.5, 0.6) is 0 Å². The van der Waals surface area contributed by atoms with Gasteiger partial charge < -0.3 is 24.3 Å². The molecule has 0 aromatic carbocycles. The molecule has 6 heteroatoms. The summed E-state index contributed by atoms with van der Waals surface area (Å²) >= 11 is 0. The van der Waals surface area contributed by atoms with Gasteiger partial charge in [0.05, 0.1) is 19.8 Å². The van der Waals surface area contributed by atoms with Crippen molar-refractivity contribution in [2.75, 3.05) is 40.6 Å². The standard InChI is InChI=1S/C12H25NO5/c1-12(2,3)13-11(14)18-7-6-17-10(8-15-4)9-16-5/h10H,6-9H2,1-5H3,(H,13,14). The molecule has 0 bridgehead atoms. The van der Waals surface area contributed by atoms with Crippen molar-refractivity contribution in [1.29, 1.82) is 0 Å². The zero-order chi connectivity index (χ0) is 14.0. The van der Waals surface area contributed by atoms with Gasteiger partial charge in [-0.2, -0.15) is 0 Å². The number of alkyl carbamates (subject to hydrolysis) is 1. The summed E-state index contributed by atoms with van der Waals surface area (Å²) < 4.78 is 20.4. The lowest BCUT2D eigenvalue weighted by Gasteiger charge is -2.20. The third-order valence-electron chi connectivity index (χ3n) is 1.85. The van der Waals surface area contributed by atoms with Crippen LogP contribution in [-0.4, -0.2) is 58.4 Å². The molecule has 108 valence electrons. The smallest absolute Gasteiger partial charge is 0.407 e. The van der Waals surface area contributed by atoms with Gasteiger partial charge in [0.1, 0.15) is 12.7 Å². The van der Waals surface area contributed by atoms with Crippen LogP contribution in [0, 0.1) is 0 Å². The van der Waals surface area contributed by atoms with Crippen LogP contribution in [0.2, 0.25) is 0 Å². The molecule has 1 N–H and O–H groups in total. The lowest BCUT2D eigenvalue weighted by Crippen LogP contribution is -2.41. The summed E-state index contributed by atoms with van der Waals surface area (Å²) in [4.78, 5) is 11.3. The normalized spacial score (nSPS) is 11.7. The van der Waals surface area contributed by atoms with Crippen LogP contribution >= 0.6 is 0 Å². The van der Waals surface area contributed by atoms with Gasteiger partial charge in [-0.15, -0.1) is 0 Å². The molecule has 6 nitrogen and oxygen atoms in total. The maximum absolute atomic E-state index is 11.3. The van der Waals surface area contributed by atoms with Gasteiger partial charge in [-0.05, 0) is 20.8 Å². The predicted octanol–water partition coefficient (Wildman–Crippen LogP) is 1.19. The molecule has 0 saturated heterocycles. The summed E-state index contributed by atoms with van der Waals surface area (Å²) in [6.45, 7) is 7.07. The second kappa shape index (κ2) is 9.13. The Bertz CT molecular complexity index is 221. The van der Waals surface area contributed by atoms with E-state index >= 15 is 0 Å². The fourth-order valence-electron chi connectivity index (χ4n) is 1.21. The lowest BCUT2D eigenvalue weighted by molar-refractivity contribution is -0.0516. The minimum Gasteiger partial charge on any atom is -0.447 e. The molecule has 0 aliphatic heterocycles. The Morgan fingerprint density at radius 3 is 2.11 bits per heavy atom. The summed E-state index contributed by atoms with van der Waals surface area (Å²) in [5.74, 6) is 0. The topological polar surface area (TPSA) is 66.0 Å². The summed E-state index contributed by atoms with van der Waals surface area (Å²) in [6, 6.07) is 0. The quantitative estimate of drug-likeness (QED) is 0.666. The molecule has 0 unspecified atom stereocenters. The van der Waals surface area contributed by atoms with E-state index in [0.717, 1.165) is 0 Å². The Labute approximate surface area is 109 Å². The Kier molecular flexibility index (Phi) is 8.70. The first-order chi connectivity index (χ1) is 8.39. The number of rotatable bonds is 8. The second-order valence-electron chi connectivity index (χ2n) is 4.91. The highest BCUT2D eigenvalue weighted by atomic mass is 16.6. The van der Waals surface area contributed by atoms with Crippen LogP contribution in [0.3, 0.4) is 0 Å². The van der Waals surface area contributed by atoms with Gasteiger partial charge in [-0.3, -0.25) is 0 Å². The SMILES string of the molecule is COCC(COC)OCCOC(=O)NC(C)(C)C. The summed E-state index contributed by atoms with van der Waals surface area (Å²) in [6.07, 6.45) is -0.588. The van der Waals surface area contributed by atoms with Crippen LogP contribution in [0.4, 0.5) is 4.79 Å². The van der Waals surface area contributed by atoms with E-state index in [4.69, 9.17) is 18.9 Å². The third-order valence-corrected chi connectivity index (χ3v) is 1.85. The number of carbonyl (C=O) groups is 1. The maximum Gasteiger partial charge on any atom is 0.407 e. The van der Waals surface area contributed by atoms with Gasteiger partial charge in [-0.1, -0.05) is 0 Å². The molecule has 0 saturated carbocycles. The van der Waals surface area contributed by atoms with Gasteiger partial charge in [-0.25, -0.2) is 4.79 Å². The first-order valence-electron chi connectivity index (χ1n) is 5.93. The molecule has 0 atom stereocenters. The van der Waals surface area contributed by atoms with Gasteiger partial charge in [0, 0.05) is 19.8 Å².